The minimum absolute atomic E-state index is 0.142. The molecule has 0 unspecified atom stereocenters. The molecular formula is C7H5Cl2N5O. The van der Waals surface area contributed by atoms with Crippen molar-refractivity contribution < 1.29 is 4.79 Å². The number of alkyl halides is 1. The lowest BCUT2D eigenvalue weighted by Gasteiger charge is -1.94. The number of hydrogen-bond donors (Lipinski definition) is 2. The Kier molecular flexibility index (Phi) is 2.70. The van der Waals surface area contributed by atoms with Crippen LogP contribution in [0.15, 0.2) is 6.33 Å². The van der Waals surface area contributed by atoms with Crippen molar-refractivity contribution in [1.29, 1.82) is 0 Å². The topological polar surface area (TPSA) is 83.6 Å². The van der Waals surface area contributed by atoms with Crippen LogP contribution in [0.1, 0.15) is 0 Å². The van der Waals surface area contributed by atoms with E-state index in [0.29, 0.717) is 11.2 Å². The van der Waals surface area contributed by atoms with Gasteiger partial charge in [0.05, 0.1) is 0 Å². The van der Waals surface area contributed by atoms with Crippen LogP contribution in [0.4, 0.5) is 5.95 Å². The van der Waals surface area contributed by atoms with E-state index < -0.39 is 0 Å². The maximum absolute atomic E-state index is 11.0. The molecule has 78 valence electrons. The van der Waals surface area contributed by atoms with Gasteiger partial charge in [-0.2, -0.15) is 4.98 Å². The monoisotopic (exact) mass is 245 g/mol. The van der Waals surface area contributed by atoms with Crippen LogP contribution in [-0.2, 0) is 4.79 Å². The van der Waals surface area contributed by atoms with E-state index in [9.17, 15) is 4.79 Å². The van der Waals surface area contributed by atoms with Gasteiger partial charge in [-0.05, 0) is 0 Å². The molecular weight excluding hydrogens is 241 g/mol. The molecule has 2 heterocycles. The van der Waals surface area contributed by atoms with Gasteiger partial charge in [0.2, 0.25) is 11.9 Å². The van der Waals surface area contributed by atoms with Crippen LogP contribution in [0, 0.1) is 0 Å². The summed E-state index contributed by atoms with van der Waals surface area (Å²) in [6.45, 7) is 0. The lowest BCUT2D eigenvalue weighted by atomic mass is 10.6. The van der Waals surface area contributed by atoms with E-state index in [1.54, 1.807) is 0 Å². The van der Waals surface area contributed by atoms with E-state index >= 15 is 0 Å². The predicted octanol–water partition coefficient (Wildman–Crippen LogP) is 1.18. The summed E-state index contributed by atoms with van der Waals surface area (Å²) in [5, 5.41) is 2.69. The highest BCUT2D eigenvalue weighted by Gasteiger charge is 2.09. The molecule has 2 aromatic heterocycles. The molecule has 2 rings (SSSR count). The van der Waals surface area contributed by atoms with E-state index in [1.807, 2.05) is 0 Å². The molecule has 0 saturated carbocycles. The third kappa shape index (κ3) is 2.00. The summed E-state index contributed by atoms with van der Waals surface area (Å²) in [5.74, 6) is -0.256. The Hall–Kier alpha value is -1.40. The standard InChI is InChI=1S/C7H5Cl2N5O/c8-1-3(15)12-7-13-4-5(9)10-2-11-6(4)14-7/h2H,1H2,(H2,10,11,12,13,14,15). The average molecular weight is 246 g/mol. The zero-order valence-electron chi connectivity index (χ0n) is 7.29. The molecule has 0 aliphatic rings. The fourth-order valence-electron chi connectivity index (χ4n) is 1.02. The summed E-state index contributed by atoms with van der Waals surface area (Å²) in [5.41, 5.74) is 0.865. The number of carbonyl (C=O) groups is 1. The SMILES string of the molecule is O=C(CCl)Nc1nc2ncnc(Cl)c2[nH]1. The van der Waals surface area contributed by atoms with Crippen molar-refractivity contribution in [3.8, 4) is 0 Å². The van der Waals surface area contributed by atoms with Gasteiger partial charge in [-0.25, -0.2) is 9.97 Å². The van der Waals surface area contributed by atoms with Gasteiger partial charge in [-0.1, -0.05) is 11.6 Å². The lowest BCUT2D eigenvalue weighted by molar-refractivity contribution is -0.114. The number of fused-ring (bicyclic) bond motifs is 1. The lowest BCUT2D eigenvalue weighted by Crippen LogP contribution is -2.13. The van der Waals surface area contributed by atoms with Crippen molar-refractivity contribution in [2.45, 2.75) is 0 Å². The van der Waals surface area contributed by atoms with Crippen LogP contribution in [0.25, 0.3) is 11.2 Å². The smallest absolute Gasteiger partial charge is 0.241 e. The third-order valence-corrected chi connectivity index (χ3v) is 2.15. The Morgan fingerprint density at radius 2 is 2.33 bits per heavy atom. The number of anilines is 1. The first kappa shape index (κ1) is 10.1. The fraction of sp³-hybridized carbons (Fsp3) is 0.143. The largest absolute Gasteiger partial charge is 0.320 e. The van der Waals surface area contributed by atoms with Crippen molar-refractivity contribution >= 4 is 46.2 Å². The van der Waals surface area contributed by atoms with Crippen molar-refractivity contribution in [3.05, 3.63) is 11.5 Å². The molecule has 0 fully saturated rings. The second-order valence-electron chi connectivity index (χ2n) is 2.63. The number of carbonyl (C=O) groups excluding carboxylic acids is 1. The first-order valence-corrected chi connectivity index (χ1v) is 4.84. The molecule has 1 amide bonds. The summed E-state index contributed by atoms with van der Waals surface area (Å²) in [7, 11) is 0. The summed E-state index contributed by atoms with van der Waals surface area (Å²) in [6.07, 6.45) is 1.29. The van der Waals surface area contributed by atoms with E-state index in [4.69, 9.17) is 23.2 Å². The van der Waals surface area contributed by atoms with Gasteiger partial charge in [0.25, 0.3) is 0 Å². The second-order valence-corrected chi connectivity index (χ2v) is 3.26. The number of aromatic amines is 1. The normalized spacial score (nSPS) is 10.5. The average Bonchev–Trinajstić information content (AvgIpc) is 2.62. The predicted molar refractivity (Wildman–Crippen MR) is 56.0 cm³/mol. The van der Waals surface area contributed by atoms with Crippen molar-refractivity contribution in [2.24, 2.45) is 0 Å². The fourth-order valence-corrected chi connectivity index (χ4v) is 1.27. The van der Waals surface area contributed by atoms with Crippen molar-refractivity contribution in [2.75, 3.05) is 11.2 Å². The Labute approximate surface area is 94.0 Å². The molecule has 0 atom stereocenters. The molecule has 0 saturated heterocycles. The number of amides is 1. The summed E-state index contributed by atoms with van der Waals surface area (Å²) in [6, 6.07) is 0. The molecule has 8 heteroatoms. The molecule has 0 aromatic carbocycles. The van der Waals surface area contributed by atoms with Crippen LogP contribution in [0.3, 0.4) is 0 Å². The van der Waals surface area contributed by atoms with Gasteiger partial charge in [0.15, 0.2) is 10.8 Å². The molecule has 0 aliphatic heterocycles. The van der Waals surface area contributed by atoms with Gasteiger partial charge in [0, 0.05) is 0 Å². The minimum Gasteiger partial charge on any atom is -0.320 e. The highest BCUT2D eigenvalue weighted by molar-refractivity contribution is 6.33. The number of nitrogens with one attached hydrogen (secondary N) is 2. The van der Waals surface area contributed by atoms with Gasteiger partial charge in [0.1, 0.15) is 17.7 Å². The van der Waals surface area contributed by atoms with Gasteiger partial charge >= 0.3 is 0 Å². The van der Waals surface area contributed by atoms with Crippen LogP contribution in [-0.4, -0.2) is 31.7 Å². The number of aromatic nitrogens is 4. The number of imidazole rings is 1. The molecule has 15 heavy (non-hydrogen) atoms. The highest BCUT2D eigenvalue weighted by Crippen LogP contribution is 2.18. The molecule has 0 bridgehead atoms. The molecule has 0 spiro atoms. The number of halogens is 2. The van der Waals surface area contributed by atoms with Crippen molar-refractivity contribution in [1.82, 2.24) is 19.9 Å². The van der Waals surface area contributed by atoms with E-state index in [1.165, 1.54) is 6.33 Å². The van der Waals surface area contributed by atoms with Gasteiger partial charge in [-0.3, -0.25) is 10.1 Å². The maximum Gasteiger partial charge on any atom is 0.241 e. The summed E-state index contributed by atoms with van der Waals surface area (Å²) >= 11 is 11.1. The van der Waals surface area contributed by atoms with Crippen LogP contribution in [0.5, 0.6) is 0 Å². The van der Waals surface area contributed by atoms with Crippen LogP contribution >= 0.6 is 23.2 Å². The maximum atomic E-state index is 11.0. The van der Waals surface area contributed by atoms with E-state index in [0.717, 1.165) is 0 Å². The van der Waals surface area contributed by atoms with Crippen LogP contribution in [0.2, 0.25) is 5.15 Å². The number of nitrogens with zero attached hydrogens (tertiary/aromatic N) is 3. The third-order valence-electron chi connectivity index (χ3n) is 1.62. The number of H-pyrrole nitrogens is 1. The summed E-state index contributed by atoms with van der Waals surface area (Å²) < 4.78 is 0. The van der Waals surface area contributed by atoms with Crippen molar-refractivity contribution in [3.63, 3.8) is 0 Å². The Balaban J connectivity index is 2.39. The second kappa shape index (κ2) is 4.00. The minimum atomic E-state index is -0.361. The van der Waals surface area contributed by atoms with Crippen LogP contribution < -0.4 is 5.32 Å². The van der Waals surface area contributed by atoms with E-state index in [-0.39, 0.29) is 22.9 Å². The highest BCUT2D eigenvalue weighted by atomic mass is 35.5. The quantitative estimate of drug-likeness (QED) is 0.615. The Bertz CT molecular complexity index is 511. The molecule has 0 radical (unpaired) electrons. The first-order valence-electron chi connectivity index (χ1n) is 3.92. The molecule has 0 aliphatic carbocycles. The molecule has 2 aromatic rings. The van der Waals surface area contributed by atoms with Gasteiger partial charge < -0.3 is 4.98 Å². The summed E-state index contributed by atoms with van der Waals surface area (Å²) in [4.78, 5) is 25.4. The Morgan fingerprint density at radius 3 is 3.00 bits per heavy atom. The Morgan fingerprint density at radius 1 is 1.53 bits per heavy atom. The van der Waals surface area contributed by atoms with E-state index in [2.05, 4.69) is 25.3 Å². The molecule has 6 nitrogen and oxygen atoms in total. The zero-order valence-corrected chi connectivity index (χ0v) is 8.80. The number of rotatable bonds is 2. The van der Waals surface area contributed by atoms with Gasteiger partial charge in [-0.15, -0.1) is 11.6 Å². The number of hydrogen-bond acceptors (Lipinski definition) is 4. The molecule has 2 N–H and O–H groups in total. The first-order chi connectivity index (χ1) is 7.20. The zero-order chi connectivity index (χ0) is 10.8.